The van der Waals surface area contributed by atoms with Crippen molar-refractivity contribution >= 4 is 56.7 Å². The average Bonchev–Trinajstić information content (AvgIpc) is 2.43. The average molecular weight is 403 g/mol. The zero-order chi connectivity index (χ0) is 16.3. The van der Waals surface area contributed by atoms with Crippen molar-refractivity contribution < 1.29 is 14.7 Å². The van der Waals surface area contributed by atoms with Crippen LogP contribution in [0.5, 0.6) is 0 Å². The van der Waals surface area contributed by atoms with Gasteiger partial charge < -0.3 is 10.4 Å². The summed E-state index contributed by atoms with van der Waals surface area (Å²) in [6.45, 7) is 0. The lowest BCUT2D eigenvalue weighted by atomic mass is 10.1. The van der Waals surface area contributed by atoms with Gasteiger partial charge in [-0.2, -0.15) is 0 Å². The number of amides is 1. The number of carboxylic acids is 1. The molecule has 22 heavy (non-hydrogen) atoms. The quantitative estimate of drug-likeness (QED) is 0.782. The van der Waals surface area contributed by atoms with Crippen molar-refractivity contribution in [2.75, 3.05) is 5.32 Å². The predicted molar refractivity (Wildman–Crippen MR) is 89.9 cm³/mol. The van der Waals surface area contributed by atoms with E-state index in [1.165, 1.54) is 12.1 Å². The van der Waals surface area contributed by atoms with Crippen molar-refractivity contribution in [2.24, 2.45) is 0 Å². The molecule has 0 aromatic heterocycles. The highest BCUT2D eigenvalue weighted by Gasteiger charge is 2.14. The molecule has 0 aliphatic carbocycles. The van der Waals surface area contributed by atoms with Crippen LogP contribution < -0.4 is 5.32 Å². The molecule has 0 bridgehead atoms. The molecule has 0 spiro atoms. The Bertz CT molecular complexity index is 750. The number of anilines is 1. The van der Waals surface area contributed by atoms with E-state index in [0.29, 0.717) is 20.1 Å². The molecule has 2 aromatic rings. The number of carboxylic acid groups (broad SMARTS) is 1. The van der Waals surface area contributed by atoms with Crippen LogP contribution >= 0.6 is 39.1 Å². The maximum Gasteiger partial charge on any atom is 0.337 e. The van der Waals surface area contributed by atoms with Crippen LogP contribution in [0, 0.1) is 0 Å². The molecular formula is C15H10BrCl2NO3. The molecular weight excluding hydrogens is 393 g/mol. The van der Waals surface area contributed by atoms with Gasteiger partial charge in [0, 0.05) is 14.5 Å². The van der Waals surface area contributed by atoms with E-state index in [4.69, 9.17) is 28.3 Å². The Morgan fingerprint density at radius 2 is 1.86 bits per heavy atom. The van der Waals surface area contributed by atoms with E-state index in [2.05, 4.69) is 21.2 Å². The number of nitrogens with one attached hydrogen (secondary N) is 1. The molecule has 0 heterocycles. The number of hydrogen-bond donors (Lipinski definition) is 2. The Balaban J connectivity index is 2.17. The number of carbonyl (C=O) groups excluding carboxylic acids is 1. The first-order valence-corrected chi connectivity index (χ1v) is 7.68. The summed E-state index contributed by atoms with van der Waals surface area (Å²) in [6.07, 6.45) is 0.0190. The minimum atomic E-state index is -1.12. The second-order valence-corrected chi connectivity index (χ2v) is 6.22. The number of hydrogen-bond acceptors (Lipinski definition) is 2. The lowest BCUT2D eigenvalue weighted by molar-refractivity contribution is -0.115. The monoisotopic (exact) mass is 401 g/mol. The number of aromatic carboxylic acids is 1. The molecule has 0 saturated heterocycles. The summed E-state index contributed by atoms with van der Waals surface area (Å²) in [5, 5.41) is 12.6. The van der Waals surface area contributed by atoms with Gasteiger partial charge in [0.05, 0.1) is 17.7 Å². The van der Waals surface area contributed by atoms with E-state index >= 15 is 0 Å². The smallest absolute Gasteiger partial charge is 0.337 e. The second-order valence-electron chi connectivity index (χ2n) is 4.46. The van der Waals surface area contributed by atoms with Gasteiger partial charge in [0.15, 0.2) is 0 Å². The SMILES string of the molecule is O=C(Cc1ccc(Cl)cc1Cl)Nc1ccc(Br)cc1C(=O)O. The number of carbonyl (C=O) groups is 2. The third-order valence-corrected chi connectivity index (χ3v) is 3.93. The first kappa shape index (κ1) is 16.8. The lowest BCUT2D eigenvalue weighted by Gasteiger charge is -2.10. The molecule has 2 N–H and O–H groups in total. The van der Waals surface area contributed by atoms with Crippen LogP contribution in [0.1, 0.15) is 15.9 Å². The number of rotatable bonds is 4. The molecule has 2 aromatic carbocycles. The van der Waals surface area contributed by atoms with Crippen molar-refractivity contribution in [2.45, 2.75) is 6.42 Å². The highest BCUT2D eigenvalue weighted by Crippen LogP contribution is 2.23. The van der Waals surface area contributed by atoms with E-state index in [-0.39, 0.29) is 23.6 Å². The second kappa shape index (κ2) is 7.13. The third kappa shape index (κ3) is 4.22. The zero-order valence-corrected chi connectivity index (χ0v) is 14.2. The first-order chi connectivity index (χ1) is 10.4. The number of halogens is 3. The van der Waals surface area contributed by atoms with Crippen molar-refractivity contribution in [1.29, 1.82) is 0 Å². The predicted octanol–water partition coefficient (Wildman–Crippen LogP) is 4.64. The van der Waals surface area contributed by atoms with Gasteiger partial charge in [-0.05, 0) is 35.9 Å². The zero-order valence-electron chi connectivity index (χ0n) is 11.1. The van der Waals surface area contributed by atoms with Gasteiger partial charge in [0.25, 0.3) is 0 Å². The van der Waals surface area contributed by atoms with Crippen LogP contribution in [0.4, 0.5) is 5.69 Å². The van der Waals surface area contributed by atoms with Gasteiger partial charge in [-0.3, -0.25) is 4.79 Å². The minimum absolute atomic E-state index is 0.00456. The Kier molecular flexibility index (Phi) is 5.45. The van der Waals surface area contributed by atoms with Gasteiger partial charge >= 0.3 is 5.97 Å². The van der Waals surface area contributed by atoms with Gasteiger partial charge in [0.2, 0.25) is 5.91 Å². The van der Waals surface area contributed by atoms with Gasteiger partial charge in [0.1, 0.15) is 0 Å². The van der Waals surface area contributed by atoms with Gasteiger partial charge in [-0.25, -0.2) is 4.79 Å². The first-order valence-electron chi connectivity index (χ1n) is 6.13. The standard InChI is InChI=1S/C15H10BrCl2NO3/c16-9-2-4-13(11(6-9)15(21)22)19-14(20)5-8-1-3-10(17)7-12(8)18/h1-4,6-7H,5H2,(H,19,20)(H,21,22). The minimum Gasteiger partial charge on any atom is -0.478 e. The van der Waals surface area contributed by atoms with Crippen LogP contribution in [0.25, 0.3) is 0 Å². The summed E-state index contributed by atoms with van der Waals surface area (Å²) in [7, 11) is 0. The molecule has 0 aliphatic heterocycles. The Morgan fingerprint density at radius 3 is 2.50 bits per heavy atom. The maximum absolute atomic E-state index is 12.1. The topological polar surface area (TPSA) is 66.4 Å². The van der Waals surface area contributed by atoms with Crippen LogP contribution in [0.3, 0.4) is 0 Å². The summed E-state index contributed by atoms with van der Waals surface area (Å²) in [5.41, 5.74) is 0.841. The molecule has 0 saturated carbocycles. The van der Waals surface area contributed by atoms with E-state index in [9.17, 15) is 9.59 Å². The van der Waals surface area contributed by atoms with Crippen molar-refractivity contribution in [1.82, 2.24) is 0 Å². The van der Waals surface area contributed by atoms with Crippen molar-refractivity contribution in [3.05, 3.63) is 62.0 Å². The Morgan fingerprint density at radius 1 is 1.14 bits per heavy atom. The highest BCUT2D eigenvalue weighted by molar-refractivity contribution is 9.10. The molecule has 0 radical (unpaired) electrons. The largest absolute Gasteiger partial charge is 0.478 e. The molecule has 1 amide bonds. The van der Waals surface area contributed by atoms with Crippen LogP contribution in [-0.2, 0) is 11.2 Å². The third-order valence-electron chi connectivity index (χ3n) is 2.85. The van der Waals surface area contributed by atoms with Gasteiger partial charge in [-0.15, -0.1) is 0 Å². The molecule has 0 fully saturated rings. The fourth-order valence-corrected chi connectivity index (χ4v) is 2.67. The van der Waals surface area contributed by atoms with E-state index in [1.807, 2.05) is 0 Å². The summed E-state index contributed by atoms with van der Waals surface area (Å²) in [5.74, 6) is -1.49. The molecule has 0 unspecified atom stereocenters. The van der Waals surface area contributed by atoms with E-state index in [0.717, 1.165) is 0 Å². The Labute approximate surface area is 145 Å². The molecule has 0 aliphatic rings. The number of benzene rings is 2. The molecule has 4 nitrogen and oxygen atoms in total. The lowest BCUT2D eigenvalue weighted by Crippen LogP contribution is -2.17. The summed E-state index contributed by atoms with van der Waals surface area (Å²) in [6, 6.07) is 9.44. The highest BCUT2D eigenvalue weighted by atomic mass is 79.9. The summed E-state index contributed by atoms with van der Waals surface area (Å²) in [4.78, 5) is 23.3. The maximum atomic E-state index is 12.1. The summed E-state index contributed by atoms with van der Waals surface area (Å²) >= 11 is 15.0. The van der Waals surface area contributed by atoms with Crippen LogP contribution in [0.15, 0.2) is 40.9 Å². The van der Waals surface area contributed by atoms with Crippen LogP contribution in [0.2, 0.25) is 10.0 Å². The molecule has 7 heteroatoms. The van der Waals surface area contributed by atoms with Crippen LogP contribution in [-0.4, -0.2) is 17.0 Å². The fourth-order valence-electron chi connectivity index (χ4n) is 1.83. The van der Waals surface area contributed by atoms with Crippen molar-refractivity contribution in [3.8, 4) is 0 Å². The summed E-state index contributed by atoms with van der Waals surface area (Å²) < 4.78 is 0.614. The van der Waals surface area contributed by atoms with Gasteiger partial charge in [-0.1, -0.05) is 45.2 Å². The van der Waals surface area contributed by atoms with E-state index < -0.39 is 5.97 Å². The fraction of sp³-hybridized carbons (Fsp3) is 0.0667. The molecule has 2 rings (SSSR count). The molecule has 0 atom stereocenters. The van der Waals surface area contributed by atoms with E-state index in [1.54, 1.807) is 24.3 Å². The Hall–Kier alpha value is -1.56. The normalized spacial score (nSPS) is 10.3. The van der Waals surface area contributed by atoms with Crippen molar-refractivity contribution in [3.63, 3.8) is 0 Å². The molecule has 114 valence electrons.